The number of halogens is 4. The summed E-state index contributed by atoms with van der Waals surface area (Å²) in [5.74, 6) is -1.39. The molecular formula is C13H8BrF3N2O2. The Balaban J connectivity index is 2.19. The number of benzene rings is 1. The Morgan fingerprint density at radius 2 is 2.00 bits per heavy atom. The maximum atomic E-state index is 13.6. The molecule has 0 aliphatic carbocycles. The van der Waals surface area contributed by atoms with Crippen molar-refractivity contribution in [3.8, 4) is 5.75 Å². The Hall–Kier alpha value is -1.96. The lowest BCUT2D eigenvalue weighted by molar-refractivity contribution is -0.199. The first kappa shape index (κ1) is 14.0. The van der Waals surface area contributed by atoms with E-state index >= 15 is 0 Å². The van der Waals surface area contributed by atoms with Crippen LogP contribution in [0.3, 0.4) is 0 Å². The molecule has 1 aliphatic rings. The van der Waals surface area contributed by atoms with Crippen LogP contribution in [0, 0.1) is 0 Å². The molecule has 0 unspecified atom stereocenters. The van der Waals surface area contributed by atoms with Gasteiger partial charge >= 0.3 is 12.1 Å². The number of aromatic nitrogens is 1. The van der Waals surface area contributed by atoms with Crippen LogP contribution in [0.5, 0.6) is 5.75 Å². The summed E-state index contributed by atoms with van der Waals surface area (Å²) >= 11 is 3.17. The Kier molecular flexibility index (Phi) is 3.01. The highest BCUT2D eigenvalue weighted by Gasteiger charge is 2.65. The minimum atomic E-state index is -4.88. The molecule has 0 fully saturated rings. The molecule has 2 N–H and O–H groups in total. The topological polar surface area (TPSA) is 54.1 Å². The number of hydrogen-bond acceptors (Lipinski definition) is 3. The molecule has 3 rings (SSSR count). The molecule has 2 heterocycles. The number of fused-ring (bicyclic) bond motifs is 1. The number of rotatable bonds is 1. The van der Waals surface area contributed by atoms with Crippen LogP contribution in [0.1, 0.15) is 5.69 Å². The summed E-state index contributed by atoms with van der Waals surface area (Å²) in [5.41, 5.74) is -3.18. The van der Waals surface area contributed by atoms with Gasteiger partial charge in [-0.25, -0.2) is 4.79 Å². The van der Waals surface area contributed by atoms with Gasteiger partial charge in [-0.05, 0) is 30.3 Å². The third-order valence-corrected chi connectivity index (χ3v) is 3.70. The number of carbonyl (C=O) groups is 1. The van der Waals surface area contributed by atoms with Crippen LogP contribution in [-0.4, -0.2) is 17.1 Å². The second-order valence-electron chi connectivity index (χ2n) is 4.49. The van der Waals surface area contributed by atoms with Crippen molar-refractivity contribution < 1.29 is 22.7 Å². The van der Waals surface area contributed by atoms with E-state index in [0.29, 0.717) is 4.47 Å². The Morgan fingerprint density at radius 3 is 2.62 bits per heavy atom. The van der Waals surface area contributed by atoms with Crippen molar-refractivity contribution in [1.29, 1.82) is 0 Å². The first-order valence-corrected chi connectivity index (χ1v) is 6.64. The number of ether oxygens (including phenoxy) is 1. The molecule has 8 heteroatoms. The quantitative estimate of drug-likeness (QED) is 0.603. The Bertz CT molecular complexity index is 700. The van der Waals surface area contributed by atoms with Crippen LogP contribution < -0.4 is 10.1 Å². The van der Waals surface area contributed by atoms with Crippen LogP contribution in [0.25, 0.3) is 0 Å². The second kappa shape index (κ2) is 4.52. The first-order chi connectivity index (χ1) is 9.84. The first-order valence-electron chi connectivity index (χ1n) is 5.85. The van der Waals surface area contributed by atoms with E-state index in [1.165, 1.54) is 30.5 Å². The van der Waals surface area contributed by atoms with E-state index in [4.69, 9.17) is 4.74 Å². The molecule has 0 saturated carbocycles. The average molecular weight is 361 g/mol. The standard InChI is InChI=1S/C13H8BrF3N2O2/c14-7-3-4-8-9(6-7)21-11(20)12(19-8,13(15,16)17)10-2-1-5-18-10/h1-6,18-19H/t12-/m1/s1. The van der Waals surface area contributed by atoms with Gasteiger partial charge in [-0.2, -0.15) is 13.2 Å². The second-order valence-corrected chi connectivity index (χ2v) is 5.40. The predicted molar refractivity (Wildman–Crippen MR) is 71.9 cm³/mol. The number of carbonyl (C=O) groups excluding carboxylic acids is 1. The van der Waals surface area contributed by atoms with E-state index < -0.39 is 17.7 Å². The number of hydrogen-bond donors (Lipinski definition) is 2. The van der Waals surface area contributed by atoms with Gasteiger partial charge in [-0.3, -0.25) is 0 Å². The monoisotopic (exact) mass is 360 g/mol. The smallest absolute Gasteiger partial charge is 0.422 e. The van der Waals surface area contributed by atoms with Gasteiger partial charge in [0.15, 0.2) is 5.75 Å². The van der Waals surface area contributed by atoms with E-state index in [0.717, 1.165) is 0 Å². The fourth-order valence-electron chi connectivity index (χ4n) is 2.19. The zero-order valence-corrected chi connectivity index (χ0v) is 11.9. The van der Waals surface area contributed by atoms with Crippen LogP contribution in [-0.2, 0) is 10.3 Å². The molecule has 0 radical (unpaired) electrons. The van der Waals surface area contributed by atoms with Crippen molar-refractivity contribution >= 4 is 27.6 Å². The molecule has 0 spiro atoms. The van der Waals surface area contributed by atoms with Crippen LogP contribution in [0.2, 0.25) is 0 Å². The lowest BCUT2D eigenvalue weighted by Crippen LogP contribution is -2.59. The van der Waals surface area contributed by atoms with Crippen molar-refractivity contribution in [2.75, 3.05) is 5.32 Å². The summed E-state index contributed by atoms with van der Waals surface area (Å²) in [7, 11) is 0. The molecule has 0 bridgehead atoms. The fourth-order valence-corrected chi connectivity index (χ4v) is 2.53. The Labute approximate surface area is 125 Å². The predicted octanol–water partition coefficient (Wildman–Crippen LogP) is 3.57. The van der Waals surface area contributed by atoms with Crippen molar-refractivity contribution in [3.63, 3.8) is 0 Å². The SMILES string of the molecule is O=C1Oc2cc(Br)ccc2N[C@@]1(c1ccc[nH]1)C(F)(F)F. The maximum Gasteiger partial charge on any atom is 0.428 e. The molecule has 1 aromatic carbocycles. The molecule has 0 saturated heterocycles. The summed E-state index contributed by atoms with van der Waals surface area (Å²) in [6.45, 7) is 0. The zero-order valence-electron chi connectivity index (χ0n) is 10.3. The van der Waals surface area contributed by atoms with Gasteiger partial charge < -0.3 is 15.0 Å². The summed E-state index contributed by atoms with van der Waals surface area (Å²) in [6, 6.07) is 6.96. The molecule has 110 valence electrons. The number of nitrogens with one attached hydrogen (secondary N) is 2. The molecule has 0 amide bonds. The molecule has 21 heavy (non-hydrogen) atoms. The molecular weight excluding hydrogens is 353 g/mol. The molecule has 1 atom stereocenters. The maximum absolute atomic E-state index is 13.6. The van der Waals surface area contributed by atoms with Crippen molar-refractivity contribution in [2.24, 2.45) is 0 Å². The summed E-state index contributed by atoms with van der Waals surface area (Å²) in [5, 5.41) is 2.28. The lowest BCUT2D eigenvalue weighted by Gasteiger charge is -2.37. The average Bonchev–Trinajstić information content (AvgIpc) is 2.90. The normalized spacial score (nSPS) is 21.4. The third kappa shape index (κ3) is 2.01. The van der Waals surface area contributed by atoms with E-state index in [2.05, 4.69) is 26.2 Å². The van der Waals surface area contributed by atoms with E-state index in [9.17, 15) is 18.0 Å². The van der Waals surface area contributed by atoms with Crippen LogP contribution in [0.15, 0.2) is 41.0 Å². The number of esters is 1. The lowest BCUT2D eigenvalue weighted by atomic mass is 9.92. The molecule has 2 aromatic rings. The van der Waals surface area contributed by atoms with Crippen molar-refractivity contribution in [2.45, 2.75) is 11.7 Å². The molecule has 1 aromatic heterocycles. The van der Waals surface area contributed by atoms with Gasteiger partial charge in [-0.1, -0.05) is 15.9 Å². The van der Waals surface area contributed by atoms with Gasteiger partial charge in [0.05, 0.1) is 11.4 Å². The summed E-state index contributed by atoms with van der Waals surface area (Å²) in [4.78, 5) is 14.5. The highest BCUT2D eigenvalue weighted by Crippen LogP contribution is 2.47. The number of anilines is 1. The van der Waals surface area contributed by atoms with Crippen molar-refractivity contribution in [3.05, 3.63) is 46.7 Å². The third-order valence-electron chi connectivity index (χ3n) is 3.20. The Morgan fingerprint density at radius 1 is 1.24 bits per heavy atom. The zero-order chi connectivity index (χ0) is 15.3. The van der Waals surface area contributed by atoms with Gasteiger partial charge in [0.1, 0.15) is 0 Å². The van der Waals surface area contributed by atoms with E-state index in [-0.39, 0.29) is 17.1 Å². The fraction of sp³-hybridized carbons (Fsp3) is 0.154. The van der Waals surface area contributed by atoms with Crippen LogP contribution in [0.4, 0.5) is 18.9 Å². The van der Waals surface area contributed by atoms with E-state index in [1.807, 2.05) is 0 Å². The summed E-state index contributed by atoms with van der Waals surface area (Å²) in [6.07, 6.45) is -3.56. The largest absolute Gasteiger partial charge is 0.428 e. The van der Waals surface area contributed by atoms with Crippen molar-refractivity contribution in [1.82, 2.24) is 4.98 Å². The highest BCUT2D eigenvalue weighted by molar-refractivity contribution is 9.10. The number of aromatic amines is 1. The molecule has 4 nitrogen and oxygen atoms in total. The highest BCUT2D eigenvalue weighted by atomic mass is 79.9. The van der Waals surface area contributed by atoms with Gasteiger partial charge in [0.2, 0.25) is 0 Å². The van der Waals surface area contributed by atoms with Gasteiger partial charge in [0.25, 0.3) is 5.54 Å². The van der Waals surface area contributed by atoms with Gasteiger partial charge in [0, 0.05) is 10.7 Å². The minimum Gasteiger partial charge on any atom is -0.422 e. The van der Waals surface area contributed by atoms with E-state index in [1.54, 1.807) is 6.07 Å². The molecule has 1 aliphatic heterocycles. The minimum absolute atomic E-state index is 0.0424. The van der Waals surface area contributed by atoms with Crippen LogP contribution >= 0.6 is 15.9 Å². The summed E-state index contributed by atoms with van der Waals surface area (Å²) < 4.78 is 46.3. The number of H-pyrrole nitrogens is 1. The number of alkyl halides is 3. The van der Waals surface area contributed by atoms with Gasteiger partial charge in [-0.15, -0.1) is 0 Å².